The van der Waals surface area contributed by atoms with Gasteiger partial charge in [-0.25, -0.2) is 4.39 Å². The van der Waals surface area contributed by atoms with Crippen molar-refractivity contribution in [2.24, 2.45) is 11.8 Å². The molecule has 0 aromatic carbocycles. The molecule has 0 aliphatic carbocycles. The number of halogens is 1. The first kappa shape index (κ1) is 60.5. The van der Waals surface area contributed by atoms with Gasteiger partial charge in [0.2, 0.25) is 0 Å². The van der Waals surface area contributed by atoms with Gasteiger partial charge in [0, 0.05) is 26.1 Å². The van der Waals surface area contributed by atoms with E-state index < -0.39 is 12.3 Å². The van der Waals surface area contributed by atoms with E-state index in [1.165, 1.54) is 0 Å². The Morgan fingerprint density at radius 1 is 0.492 bits per heavy atom. The first-order valence-electron chi connectivity index (χ1n) is 22.8. The van der Waals surface area contributed by atoms with Gasteiger partial charge in [0.25, 0.3) is 0 Å². The van der Waals surface area contributed by atoms with Gasteiger partial charge in [0.15, 0.2) is 0 Å². The molecule has 12 nitrogen and oxygen atoms in total. The second-order valence-corrected chi connectivity index (χ2v) is 16.6. The molecule has 0 aromatic rings. The Kier molecular flexibility index (Phi) is 35.8. The molecule has 3 fully saturated rings. The van der Waals surface area contributed by atoms with Crippen LogP contribution in [0.4, 0.5) is 4.39 Å². The van der Waals surface area contributed by atoms with E-state index in [-0.39, 0.29) is 91.4 Å². The molecule has 59 heavy (non-hydrogen) atoms. The van der Waals surface area contributed by atoms with Crippen molar-refractivity contribution in [3.63, 3.8) is 0 Å². The van der Waals surface area contributed by atoms with Crippen LogP contribution in [0.2, 0.25) is 0 Å². The van der Waals surface area contributed by atoms with E-state index in [0.717, 1.165) is 0 Å². The van der Waals surface area contributed by atoms with Crippen LogP contribution >= 0.6 is 0 Å². The van der Waals surface area contributed by atoms with E-state index in [1.54, 1.807) is 14.2 Å². The molecular formula is C46H95FO12. The van der Waals surface area contributed by atoms with E-state index >= 15 is 0 Å². The molecule has 0 spiro atoms. The number of methoxy groups -OCH3 is 2. The summed E-state index contributed by atoms with van der Waals surface area (Å²) in [6.45, 7) is 41.7. The van der Waals surface area contributed by atoms with Crippen molar-refractivity contribution in [1.29, 1.82) is 0 Å². The minimum absolute atomic E-state index is 0.00336. The summed E-state index contributed by atoms with van der Waals surface area (Å²) < 4.78 is 82.5. The number of ether oxygens (including phenoxy) is 12. The van der Waals surface area contributed by atoms with E-state index in [2.05, 4.69) is 6.92 Å². The summed E-state index contributed by atoms with van der Waals surface area (Å²) in [4.78, 5) is 0. The molecule has 13 heteroatoms. The van der Waals surface area contributed by atoms with Crippen LogP contribution in [0.15, 0.2) is 0 Å². The topological polar surface area (TPSA) is 111 Å². The van der Waals surface area contributed by atoms with Crippen molar-refractivity contribution in [2.45, 2.75) is 229 Å². The lowest BCUT2D eigenvalue weighted by Crippen LogP contribution is -2.54. The van der Waals surface area contributed by atoms with E-state index in [4.69, 9.17) is 56.8 Å². The number of alkyl halides is 1. The number of rotatable bonds is 20. The Labute approximate surface area is 362 Å². The molecule has 0 radical (unpaired) electrons. The monoisotopic (exact) mass is 859 g/mol. The molecule has 0 saturated carbocycles. The Morgan fingerprint density at radius 3 is 1.29 bits per heavy atom. The van der Waals surface area contributed by atoms with Crippen molar-refractivity contribution in [3.05, 3.63) is 0 Å². The maximum Gasteiger partial charge on any atom is 0.134 e. The van der Waals surface area contributed by atoms with Gasteiger partial charge in [-0.2, -0.15) is 0 Å². The molecule has 3 aliphatic heterocycles. The fraction of sp³-hybridized carbons (Fsp3) is 1.00. The number of hydrogen-bond acceptors (Lipinski definition) is 12. The summed E-state index contributed by atoms with van der Waals surface area (Å²) in [5.74, 6) is 0.225. The van der Waals surface area contributed by atoms with E-state index in [1.807, 2.05) is 125 Å². The quantitative estimate of drug-likeness (QED) is 0.109. The maximum atomic E-state index is 14.1. The molecule has 3 rings (SSSR count). The Balaban J connectivity index is 0. The highest BCUT2D eigenvalue weighted by molar-refractivity contribution is 4.92. The van der Waals surface area contributed by atoms with Gasteiger partial charge in [-0.1, -0.05) is 41.5 Å². The van der Waals surface area contributed by atoms with Crippen molar-refractivity contribution in [3.8, 4) is 0 Å². The van der Waals surface area contributed by atoms with Crippen molar-refractivity contribution in [2.75, 3.05) is 60.5 Å². The van der Waals surface area contributed by atoms with Crippen LogP contribution in [-0.2, 0) is 56.8 Å². The normalized spacial score (nSPS) is 30.7. The van der Waals surface area contributed by atoms with Crippen LogP contribution in [0.25, 0.3) is 0 Å². The average Bonchev–Trinajstić information content (AvgIpc) is 3.46. The van der Waals surface area contributed by atoms with Crippen LogP contribution in [0.1, 0.15) is 132 Å². The van der Waals surface area contributed by atoms with Crippen molar-refractivity contribution < 1.29 is 61.2 Å². The summed E-state index contributed by atoms with van der Waals surface area (Å²) >= 11 is 0. The highest BCUT2D eigenvalue weighted by atomic mass is 19.1. The molecule has 3 saturated heterocycles. The van der Waals surface area contributed by atoms with Crippen LogP contribution in [0.5, 0.6) is 0 Å². The summed E-state index contributed by atoms with van der Waals surface area (Å²) in [5, 5.41) is 0. The van der Waals surface area contributed by atoms with Gasteiger partial charge in [-0.05, 0) is 90.0 Å². The highest BCUT2D eigenvalue weighted by Crippen LogP contribution is 2.29. The summed E-state index contributed by atoms with van der Waals surface area (Å²) in [5.41, 5.74) is 0. The Morgan fingerprint density at radius 2 is 0.881 bits per heavy atom. The zero-order valence-electron chi connectivity index (χ0n) is 41.6. The minimum atomic E-state index is -0.980. The van der Waals surface area contributed by atoms with Crippen molar-refractivity contribution >= 4 is 0 Å². The predicted octanol–water partition coefficient (Wildman–Crippen LogP) is 8.91. The lowest BCUT2D eigenvalue weighted by atomic mass is 9.93. The second-order valence-electron chi connectivity index (χ2n) is 16.6. The van der Waals surface area contributed by atoms with E-state index in [9.17, 15) is 4.39 Å². The van der Waals surface area contributed by atoms with E-state index in [0.29, 0.717) is 52.2 Å². The van der Waals surface area contributed by atoms with Gasteiger partial charge in [0.05, 0.1) is 95.1 Å². The first-order chi connectivity index (χ1) is 27.8. The molecule has 358 valence electrons. The SMILES string of the molecule is CC.CC.CC(C)OC[C@H]1OC[C@@H](C)[C@H](F)[C@@H]1OC(C)C.COCCO[C@@H]1[C@H](OC(C)C)[C@@H](COC(C)C)O[C@H]1C.CO[C@@H]1[C@H](OC(C)C)[C@@H](COC(C)C)OC[C@H]1C. The third kappa shape index (κ3) is 25.4. The molecule has 0 aromatic heterocycles. The van der Waals surface area contributed by atoms with Crippen molar-refractivity contribution in [1.82, 2.24) is 0 Å². The molecular weight excluding hydrogens is 763 g/mol. The zero-order chi connectivity index (χ0) is 45.8. The Hall–Kier alpha value is -0.550. The van der Waals surface area contributed by atoms with Gasteiger partial charge >= 0.3 is 0 Å². The molecule has 0 unspecified atom stereocenters. The summed E-state index contributed by atoms with van der Waals surface area (Å²) in [6, 6.07) is 0. The third-order valence-electron chi connectivity index (χ3n) is 9.10. The minimum Gasteiger partial charge on any atom is -0.382 e. The lowest BCUT2D eigenvalue weighted by molar-refractivity contribution is -0.215. The fourth-order valence-corrected chi connectivity index (χ4v) is 6.48. The van der Waals surface area contributed by atoms with Crippen LogP contribution < -0.4 is 0 Å². The van der Waals surface area contributed by atoms with Crippen LogP contribution in [0.3, 0.4) is 0 Å². The molecule has 0 bridgehead atoms. The molecule has 0 N–H and O–H groups in total. The van der Waals surface area contributed by atoms with Crippen LogP contribution in [-0.4, -0.2) is 158 Å². The maximum absolute atomic E-state index is 14.1. The second kappa shape index (κ2) is 34.9. The van der Waals surface area contributed by atoms with Gasteiger partial charge in [0.1, 0.15) is 48.9 Å². The molecule has 12 atom stereocenters. The summed E-state index contributed by atoms with van der Waals surface area (Å²) in [7, 11) is 3.41. The standard InChI is InChI=1S/C15H30O5.C14H28O4.C13H25FO3.2C2H6/c1-10(2)18-9-13-15(19-11(3)4)14(12(5)20-13)17-8-7-16-6;1-9(2)16-8-12-14(18-10(3)4)13(15-6)11(5)7-17-12;1-8(2)15-7-11-13(17-9(3)4)12(14)10(5)6-16-11;2*1-2/h10-15H,7-9H2,1-6H3;9-14H,7-8H2,1-6H3;8-13H,6-7H2,1-5H3;2*1-2H3/t12-,13+,14-,15+;11-,12-,13+,14-;10-,11-,12+,13-;;/m011../s1. The molecule has 3 heterocycles. The average molecular weight is 859 g/mol. The first-order valence-corrected chi connectivity index (χ1v) is 22.8. The van der Waals surface area contributed by atoms with Gasteiger partial charge in [-0.3, -0.25) is 0 Å². The smallest absolute Gasteiger partial charge is 0.134 e. The highest BCUT2D eigenvalue weighted by Gasteiger charge is 2.45. The fourth-order valence-electron chi connectivity index (χ4n) is 6.48. The lowest BCUT2D eigenvalue weighted by Gasteiger charge is -2.41. The zero-order valence-corrected chi connectivity index (χ0v) is 41.6. The molecule has 3 aliphatic rings. The van der Waals surface area contributed by atoms with Crippen LogP contribution in [0, 0.1) is 11.8 Å². The largest absolute Gasteiger partial charge is 0.382 e. The predicted molar refractivity (Wildman–Crippen MR) is 235 cm³/mol. The Bertz CT molecular complexity index is 942. The summed E-state index contributed by atoms with van der Waals surface area (Å²) in [6.07, 6.45) is -1.30. The van der Waals surface area contributed by atoms with Gasteiger partial charge in [-0.15, -0.1) is 0 Å². The number of hydrogen-bond donors (Lipinski definition) is 0. The third-order valence-corrected chi connectivity index (χ3v) is 9.10. The van der Waals surface area contributed by atoms with Gasteiger partial charge < -0.3 is 56.8 Å². The molecule has 0 amide bonds.